The number of unbranched alkanes of at least 4 members (excludes halogenated alkanes) is 1. The third kappa shape index (κ3) is 3.90. The Labute approximate surface area is 158 Å². The van der Waals surface area contributed by atoms with Gasteiger partial charge in [-0.3, -0.25) is 14.4 Å². The van der Waals surface area contributed by atoms with Crippen LogP contribution in [-0.2, 0) is 9.59 Å². The molecule has 2 atom stereocenters. The Morgan fingerprint density at radius 3 is 2.78 bits per heavy atom. The van der Waals surface area contributed by atoms with Gasteiger partial charge in [0.15, 0.2) is 0 Å². The molecule has 2 aliphatic rings. The van der Waals surface area contributed by atoms with Crippen LogP contribution in [0.15, 0.2) is 24.3 Å². The first kappa shape index (κ1) is 19.2. The van der Waals surface area contributed by atoms with E-state index in [1.165, 1.54) is 7.11 Å². The van der Waals surface area contributed by atoms with Crippen LogP contribution >= 0.6 is 0 Å². The van der Waals surface area contributed by atoms with Crippen molar-refractivity contribution in [3.8, 4) is 5.75 Å². The molecule has 3 N–H and O–H groups in total. The van der Waals surface area contributed by atoms with Crippen LogP contribution in [0.2, 0.25) is 0 Å². The zero-order valence-electron chi connectivity index (χ0n) is 15.5. The predicted octanol–water partition coefficient (Wildman–Crippen LogP) is -0.0244. The second-order valence-electron chi connectivity index (χ2n) is 6.84. The molecular formula is C19H26N4O4. The monoisotopic (exact) mass is 374 g/mol. The topological polar surface area (TPSA) is 105 Å². The summed E-state index contributed by atoms with van der Waals surface area (Å²) < 4.78 is 5.26. The predicted molar refractivity (Wildman–Crippen MR) is 99.2 cm³/mol. The summed E-state index contributed by atoms with van der Waals surface area (Å²) in [5.74, 6) is 0.0253. The lowest BCUT2D eigenvalue weighted by molar-refractivity contribution is -0.152. The number of hydrogen-bond donors (Lipinski definition) is 2. The van der Waals surface area contributed by atoms with E-state index >= 15 is 0 Å². The molecule has 3 amide bonds. The van der Waals surface area contributed by atoms with Gasteiger partial charge in [-0.05, 0) is 37.9 Å². The smallest absolute Gasteiger partial charge is 0.257 e. The number of nitrogens with zero attached hydrogens (tertiary/aromatic N) is 2. The third-order valence-corrected chi connectivity index (χ3v) is 5.15. The zero-order chi connectivity index (χ0) is 19.4. The Morgan fingerprint density at radius 1 is 1.26 bits per heavy atom. The van der Waals surface area contributed by atoms with Gasteiger partial charge in [-0.15, -0.1) is 0 Å². The molecule has 0 aromatic heterocycles. The van der Waals surface area contributed by atoms with E-state index in [-0.39, 0.29) is 24.3 Å². The Balaban J connectivity index is 1.69. The number of ether oxygens (including phenoxy) is 1. The van der Waals surface area contributed by atoms with Gasteiger partial charge in [0, 0.05) is 13.1 Å². The minimum Gasteiger partial charge on any atom is -0.496 e. The first-order chi connectivity index (χ1) is 13.1. The van der Waals surface area contributed by atoms with Crippen LogP contribution in [0.5, 0.6) is 5.75 Å². The zero-order valence-corrected chi connectivity index (χ0v) is 15.5. The molecule has 0 spiro atoms. The summed E-state index contributed by atoms with van der Waals surface area (Å²) in [4.78, 5) is 41.4. The lowest BCUT2D eigenvalue weighted by Crippen LogP contribution is -2.69. The number of nitrogens with two attached hydrogens (primary N) is 1. The van der Waals surface area contributed by atoms with Crippen molar-refractivity contribution in [3.63, 3.8) is 0 Å². The summed E-state index contributed by atoms with van der Waals surface area (Å²) in [7, 11) is 1.52. The van der Waals surface area contributed by atoms with Crippen LogP contribution in [-0.4, -0.2) is 72.9 Å². The second kappa shape index (κ2) is 8.39. The van der Waals surface area contributed by atoms with Crippen molar-refractivity contribution in [1.29, 1.82) is 0 Å². The normalized spacial score (nSPS) is 22.3. The fourth-order valence-corrected chi connectivity index (χ4v) is 3.67. The molecular weight excluding hydrogens is 348 g/mol. The van der Waals surface area contributed by atoms with Crippen molar-refractivity contribution in [1.82, 2.24) is 15.1 Å². The summed E-state index contributed by atoms with van der Waals surface area (Å²) in [6, 6.07) is 5.87. The van der Waals surface area contributed by atoms with Crippen LogP contribution in [0.3, 0.4) is 0 Å². The van der Waals surface area contributed by atoms with E-state index in [0.29, 0.717) is 37.4 Å². The van der Waals surface area contributed by atoms with E-state index in [1.807, 2.05) is 0 Å². The van der Waals surface area contributed by atoms with E-state index in [1.54, 1.807) is 34.1 Å². The Bertz CT molecular complexity index is 723. The molecule has 1 aromatic rings. The average molecular weight is 374 g/mol. The van der Waals surface area contributed by atoms with Gasteiger partial charge in [0.2, 0.25) is 11.8 Å². The first-order valence-electron chi connectivity index (χ1n) is 9.30. The van der Waals surface area contributed by atoms with Crippen molar-refractivity contribution in [2.75, 3.05) is 33.3 Å². The molecule has 2 saturated heterocycles. The van der Waals surface area contributed by atoms with Crippen LogP contribution < -0.4 is 15.8 Å². The number of piperazine rings is 2. The molecule has 8 nitrogen and oxygen atoms in total. The lowest BCUT2D eigenvalue weighted by atomic mass is 9.99. The van der Waals surface area contributed by atoms with Gasteiger partial charge in [0.1, 0.15) is 17.8 Å². The number of nitrogens with one attached hydrogen (secondary N) is 1. The summed E-state index contributed by atoms with van der Waals surface area (Å²) in [5, 5.41) is 2.81. The maximum absolute atomic E-state index is 12.9. The number of carbonyl (C=O) groups excluding carboxylic acids is 3. The van der Waals surface area contributed by atoms with Crippen LogP contribution in [0.25, 0.3) is 0 Å². The summed E-state index contributed by atoms with van der Waals surface area (Å²) >= 11 is 0. The molecule has 2 fully saturated rings. The van der Waals surface area contributed by atoms with Gasteiger partial charge in [0.05, 0.1) is 19.2 Å². The Morgan fingerprint density at radius 2 is 2.04 bits per heavy atom. The lowest BCUT2D eigenvalue weighted by Gasteiger charge is -2.45. The highest BCUT2D eigenvalue weighted by Gasteiger charge is 2.44. The number of fused-ring (bicyclic) bond motifs is 1. The third-order valence-electron chi connectivity index (χ3n) is 5.15. The number of amides is 3. The van der Waals surface area contributed by atoms with Gasteiger partial charge in [-0.25, -0.2) is 0 Å². The molecule has 0 saturated carbocycles. The highest BCUT2D eigenvalue weighted by atomic mass is 16.5. The highest BCUT2D eigenvalue weighted by Crippen LogP contribution is 2.23. The first-order valence-corrected chi connectivity index (χ1v) is 9.30. The molecule has 1 aromatic carbocycles. The molecule has 146 valence electrons. The standard InChI is InChI=1S/C19H26N4O4/c1-27-16-8-3-2-6-13(16)18(25)22-10-11-23-15(12-22)17(24)21-14(19(23)26)7-4-5-9-20/h2-3,6,8,14-15H,4-5,7,9-12,20H2,1H3,(H,21,24)/t14-,15+/m0/s1. The average Bonchev–Trinajstić information content (AvgIpc) is 2.70. The number of methoxy groups -OCH3 is 1. The molecule has 27 heavy (non-hydrogen) atoms. The molecule has 0 unspecified atom stereocenters. The Hall–Kier alpha value is -2.61. The number of para-hydroxylation sites is 1. The quantitative estimate of drug-likeness (QED) is 0.681. The van der Waals surface area contributed by atoms with Crippen LogP contribution in [0.1, 0.15) is 29.6 Å². The molecule has 0 radical (unpaired) electrons. The van der Waals surface area contributed by atoms with Crippen LogP contribution in [0, 0.1) is 0 Å². The maximum atomic E-state index is 12.9. The van der Waals surface area contributed by atoms with Gasteiger partial charge in [0.25, 0.3) is 5.91 Å². The fraction of sp³-hybridized carbons (Fsp3) is 0.526. The van der Waals surface area contributed by atoms with E-state index < -0.39 is 12.1 Å². The number of hydrogen-bond acceptors (Lipinski definition) is 5. The largest absolute Gasteiger partial charge is 0.496 e. The van der Waals surface area contributed by atoms with Gasteiger partial charge < -0.3 is 25.6 Å². The van der Waals surface area contributed by atoms with Crippen molar-refractivity contribution < 1.29 is 19.1 Å². The van der Waals surface area contributed by atoms with E-state index in [0.717, 1.165) is 12.8 Å². The fourth-order valence-electron chi connectivity index (χ4n) is 3.67. The van der Waals surface area contributed by atoms with Gasteiger partial charge in [-0.1, -0.05) is 12.1 Å². The maximum Gasteiger partial charge on any atom is 0.257 e. The number of rotatable bonds is 6. The van der Waals surface area contributed by atoms with Crippen LogP contribution in [0.4, 0.5) is 0 Å². The summed E-state index contributed by atoms with van der Waals surface area (Å²) in [5.41, 5.74) is 5.95. The second-order valence-corrected chi connectivity index (χ2v) is 6.84. The van der Waals surface area contributed by atoms with Crippen molar-refractivity contribution in [3.05, 3.63) is 29.8 Å². The van der Waals surface area contributed by atoms with E-state index in [4.69, 9.17) is 10.5 Å². The van der Waals surface area contributed by atoms with Gasteiger partial charge in [-0.2, -0.15) is 0 Å². The molecule has 0 aliphatic carbocycles. The van der Waals surface area contributed by atoms with E-state index in [2.05, 4.69) is 5.32 Å². The van der Waals surface area contributed by atoms with Gasteiger partial charge >= 0.3 is 0 Å². The van der Waals surface area contributed by atoms with E-state index in [9.17, 15) is 14.4 Å². The minimum absolute atomic E-state index is 0.0685. The summed E-state index contributed by atoms with van der Waals surface area (Å²) in [6.45, 7) is 1.50. The minimum atomic E-state index is -0.643. The number of carbonyl (C=O) groups is 3. The molecule has 2 aliphatic heterocycles. The Kier molecular flexibility index (Phi) is 5.95. The number of benzene rings is 1. The molecule has 8 heteroatoms. The highest BCUT2D eigenvalue weighted by molar-refractivity contribution is 6.00. The molecule has 2 heterocycles. The molecule has 3 rings (SSSR count). The van der Waals surface area contributed by atoms with Crippen molar-refractivity contribution >= 4 is 17.7 Å². The summed E-state index contributed by atoms with van der Waals surface area (Å²) in [6.07, 6.45) is 2.21. The molecule has 0 bridgehead atoms. The van der Waals surface area contributed by atoms with Crippen molar-refractivity contribution in [2.24, 2.45) is 5.73 Å². The SMILES string of the molecule is COc1ccccc1C(=O)N1CCN2C(=O)[C@H](CCCCN)NC(=O)[C@H]2C1. The van der Waals surface area contributed by atoms with Crippen molar-refractivity contribution in [2.45, 2.75) is 31.3 Å².